The van der Waals surface area contributed by atoms with E-state index in [4.69, 9.17) is 33.3 Å². The van der Waals surface area contributed by atoms with Crippen LogP contribution < -0.4 is 5.32 Å². The zero-order chi connectivity index (χ0) is 22.0. The summed E-state index contributed by atoms with van der Waals surface area (Å²) in [6.07, 6.45) is 2.13. The van der Waals surface area contributed by atoms with Crippen LogP contribution in [0.5, 0.6) is 0 Å². The predicted octanol–water partition coefficient (Wildman–Crippen LogP) is 6.16. The molecule has 31 heavy (non-hydrogen) atoms. The van der Waals surface area contributed by atoms with Crippen LogP contribution >= 0.6 is 23.8 Å². The number of aromatic nitrogens is 2. The maximum atomic E-state index is 6.02. The second kappa shape index (κ2) is 9.20. The number of hydrogen-bond donors (Lipinski definition) is 1. The van der Waals surface area contributed by atoms with Crippen LogP contribution in [-0.2, 0) is 0 Å². The Bertz CT molecular complexity index is 1110. The van der Waals surface area contributed by atoms with Crippen molar-refractivity contribution in [1.82, 2.24) is 20.4 Å². The van der Waals surface area contributed by atoms with E-state index in [1.165, 1.54) is 5.56 Å². The largest absolute Gasteiger partial charge is 0.351 e. The molecule has 160 valence electrons. The van der Waals surface area contributed by atoms with Crippen molar-refractivity contribution in [3.63, 3.8) is 0 Å². The lowest BCUT2D eigenvalue weighted by atomic mass is 9.94. The molecule has 1 aliphatic heterocycles. The van der Waals surface area contributed by atoms with Crippen molar-refractivity contribution >= 4 is 34.5 Å². The molecule has 1 N–H and O–H groups in total. The molecule has 0 bridgehead atoms. The van der Waals surface area contributed by atoms with E-state index in [2.05, 4.69) is 60.4 Å². The standard InChI is InChI=1S/C24H25ClN4OS/c1-4-5-14-29-16(3)20(21(26-24(29)31)17-8-6-15(2)7-9-17)23-27-22(28-30-23)18-10-12-19(25)13-11-18/h6-13,21H,4-5,14H2,1-3H3,(H,26,31). The molecular formula is C24H25ClN4OS. The number of unbranched alkanes of at least 4 members (excludes halogenated alkanes) is 1. The molecule has 2 heterocycles. The molecule has 0 radical (unpaired) electrons. The van der Waals surface area contributed by atoms with E-state index in [9.17, 15) is 0 Å². The summed E-state index contributed by atoms with van der Waals surface area (Å²) in [5, 5.41) is 9.12. The van der Waals surface area contributed by atoms with Gasteiger partial charge in [0, 0.05) is 22.8 Å². The highest BCUT2D eigenvalue weighted by molar-refractivity contribution is 7.80. The summed E-state index contributed by atoms with van der Waals surface area (Å²) in [7, 11) is 0. The Hall–Kier alpha value is -2.70. The number of thiocarbonyl (C=S) groups is 1. The summed E-state index contributed by atoms with van der Waals surface area (Å²) in [5.74, 6) is 1.02. The minimum atomic E-state index is -0.163. The van der Waals surface area contributed by atoms with Crippen LogP contribution in [0.4, 0.5) is 0 Å². The lowest BCUT2D eigenvalue weighted by Gasteiger charge is -2.37. The Morgan fingerprint density at radius 2 is 1.81 bits per heavy atom. The first-order chi connectivity index (χ1) is 15.0. The molecule has 0 amide bonds. The highest BCUT2D eigenvalue weighted by atomic mass is 35.5. The molecule has 7 heteroatoms. The number of rotatable bonds is 6. The van der Waals surface area contributed by atoms with Gasteiger partial charge in [0.25, 0.3) is 5.89 Å². The molecule has 0 saturated heterocycles. The van der Waals surface area contributed by atoms with Gasteiger partial charge in [0.1, 0.15) is 0 Å². The Labute approximate surface area is 193 Å². The summed E-state index contributed by atoms with van der Waals surface area (Å²) >= 11 is 11.7. The molecule has 3 aromatic rings. The smallest absolute Gasteiger partial charge is 0.258 e. The number of benzene rings is 2. The van der Waals surface area contributed by atoms with Crippen molar-refractivity contribution in [2.24, 2.45) is 0 Å². The SMILES string of the molecule is CCCCN1C(=S)NC(c2ccc(C)cc2)C(c2nc(-c3ccc(Cl)cc3)no2)=C1C. The van der Waals surface area contributed by atoms with Gasteiger partial charge in [0.05, 0.1) is 11.6 Å². The van der Waals surface area contributed by atoms with E-state index >= 15 is 0 Å². The molecule has 5 nitrogen and oxygen atoms in total. The fourth-order valence-electron chi connectivity index (χ4n) is 3.70. The quantitative estimate of drug-likeness (QED) is 0.452. The van der Waals surface area contributed by atoms with E-state index in [0.717, 1.165) is 46.9 Å². The molecule has 0 aliphatic carbocycles. The molecule has 2 aromatic carbocycles. The van der Waals surface area contributed by atoms with Crippen molar-refractivity contribution in [2.75, 3.05) is 6.54 Å². The van der Waals surface area contributed by atoms with Crippen LogP contribution in [0.15, 0.2) is 58.8 Å². The number of nitrogens with one attached hydrogen (secondary N) is 1. The first kappa shape index (κ1) is 21.5. The van der Waals surface area contributed by atoms with Gasteiger partial charge >= 0.3 is 0 Å². The Morgan fingerprint density at radius 1 is 1.10 bits per heavy atom. The summed E-state index contributed by atoms with van der Waals surface area (Å²) in [6.45, 7) is 7.17. The Kier molecular flexibility index (Phi) is 6.39. The van der Waals surface area contributed by atoms with Crippen LogP contribution in [0.3, 0.4) is 0 Å². The van der Waals surface area contributed by atoms with Crippen LogP contribution in [0.2, 0.25) is 5.02 Å². The minimum absolute atomic E-state index is 0.163. The second-order valence-corrected chi connectivity index (χ2v) is 8.55. The molecule has 4 rings (SSSR count). The van der Waals surface area contributed by atoms with Crippen LogP contribution in [-0.4, -0.2) is 26.7 Å². The lowest BCUT2D eigenvalue weighted by molar-refractivity contribution is 0.395. The first-order valence-corrected chi connectivity index (χ1v) is 11.2. The summed E-state index contributed by atoms with van der Waals surface area (Å²) < 4.78 is 5.76. The minimum Gasteiger partial charge on any atom is -0.351 e. The fourth-order valence-corrected chi connectivity index (χ4v) is 4.17. The van der Waals surface area contributed by atoms with Crippen molar-refractivity contribution in [3.05, 3.63) is 76.3 Å². The van der Waals surface area contributed by atoms with Gasteiger partial charge in [-0.15, -0.1) is 0 Å². The molecule has 1 aromatic heterocycles. The number of hydrogen-bond acceptors (Lipinski definition) is 4. The van der Waals surface area contributed by atoms with Crippen LogP contribution in [0.1, 0.15) is 49.7 Å². The van der Waals surface area contributed by atoms with Gasteiger partial charge in [-0.3, -0.25) is 0 Å². The van der Waals surface area contributed by atoms with Gasteiger partial charge in [-0.2, -0.15) is 4.98 Å². The Morgan fingerprint density at radius 3 is 2.48 bits per heavy atom. The summed E-state index contributed by atoms with van der Waals surface area (Å²) in [4.78, 5) is 6.86. The first-order valence-electron chi connectivity index (χ1n) is 10.4. The van der Waals surface area contributed by atoms with Crippen molar-refractivity contribution < 1.29 is 4.52 Å². The van der Waals surface area contributed by atoms with Gasteiger partial charge in [0.2, 0.25) is 5.82 Å². The fraction of sp³-hybridized carbons (Fsp3) is 0.292. The average Bonchev–Trinajstić information content (AvgIpc) is 3.24. The van der Waals surface area contributed by atoms with Crippen LogP contribution in [0, 0.1) is 6.92 Å². The number of allylic oxidation sites excluding steroid dienone is 1. The van der Waals surface area contributed by atoms with E-state index in [1.807, 2.05) is 24.3 Å². The summed E-state index contributed by atoms with van der Waals surface area (Å²) in [5.41, 5.74) is 5.14. The van der Waals surface area contributed by atoms with E-state index in [-0.39, 0.29) is 6.04 Å². The average molecular weight is 453 g/mol. The molecule has 1 unspecified atom stereocenters. The molecule has 1 atom stereocenters. The zero-order valence-corrected chi connectivity index (χ0v) is 19.4. The molecule has 0 spiro atoms. The summed E-state index contributed by atoms with van der Waals surface area (Å²) in [6, 6.07) is 15.7. The van der Waals surface area contributed by atoms with E-state index in [0.29, 0.717) is 16.7 Å². The monoisotopic (exact) mass is 452 g/mol. The topological polar surface area (TPSA) is 54.2 Å². The highest BCUT2D eigenvalue weighted by Gasteiger charge is 2.33. The van der Waals surface area contributed by atoms with E-state index < -0.39 is 0 Å². The van der Waals surface area contributed by atoms with Crippen LogP contribution in [0.25, 0.3) is 17.0 Å². The zero-order valence-electron chi connectivity index (χ0n) is 17.9. The van der Waals surface area contributed by atoms with Gasteiger partial charge < -0.3 is 14.7 Å². The second-order valence-electron chi connectivity index (χ2n) is 7.73. The van der Waals surface area contributed by atoms with Crippen molar-refractivity contribution in [3.8, 4) is 11.4 Å². The third-order valence-electron chi connectivity index (χ3n) is 5.50. The van der Waals surface area contributed by atoms with Crippen molar-refractivity contribution in [2.45, 2.75) is 39.7 Å². The number of aryl methyl sites for hydroxylation is 1. The maximum absolute atomic E-state index is 6.02. The van der Waals surface area contributed by atoms with Crippen molar-refractivity contribution in [1.29, 1.82) is 0 Å². The molecular weight excluding hydrogens is 428 g/mol. The normalized spacial score (nSPS) is 16.6. The molecule has 0 fully saturated rings. The van der Waals surface area contributed by atoms with E-state index in [1.54, 1.807) is 0 Å². The predicted molar refractivity (Wildman–Crippen MR) is 129 cm³/mol. The maximum Gasteiger partial charge on any atom is 0.258 e. The third kappa shape index (κ3) is 4.50. The number of nitrogens with zero attached hydrogens (tertiary/aromatic N) is 3. The number of halogens is 1. The molecule has 0 saturated carbocycles. The molecule has 1 aliphatic rings. The lowest BCUT2D eigenvalue weighted by Crippen LogP contribution is -2.46. The van der Waals surface area contributed by atoms with Gasteiger partial charge in [-0.25, -0.2) is 0 Å². The van der Waals surface area contributed by atoms with Gasteiger partial charge in [-0.1, -0.05) is 59.9 Å². The van der Waals surface area contributed by atoms with Gasteiger partial charge in [-0.05, 0) is 62.3 Å². The highest BCUT2D eigenvalue weighted by Crippen LogP contribution is 2.37. The Balaban J connectivity index is 1.78. The van der Waals surface area contributed by atoms with Gasteiger partial charge in [0.15, 0.2) is 5.11 Å². The third-order valence-corrected chi connectivity index (χ3v) is 6.09.